The second-order valence-corrected chi connectivity index (χ2v) is 2.75. The summed E-state index contributed by atoms with van der Waals surface area (Å²) in [6, 6.07) is 4.53. The van der Waals surface area contributed by atoms with Crippen molar-refractivity contribution < 1.29 is 15.0 Å². The molecule has 0 saturated carbocycles. The van der Waals surface area contributed by atoms with E-state index in [9.17, 15) is 9.90 Å². The smallest absolute Gasteiger partial charge is 0.250 e. The lowest BCUT2D eigenvalue weighted by Crippen LogP contribution is -2.15. The highest BCUT2D eigenvalue weighted by molar-refractivity contribution is 5.91. The molecule has 5 heteroatoms. The molecule has 0 aliphatic heterocycles. The van der Waals surface area contributed by atoms with Gasteiger partial charge in [0, 0.05) is 17.8 Å². The first-order valence-corrected chi connectivity index (χ1v) is 4.10. The van der Waals surface area contributed by atoms with Crippen LogP contribution < -0.4 is 11.1 Å². The van der Waals surface area contributed by atoms with Crippen molar-refractivity contribution in [2.75, 3.05) is 11.9 Å². The summed E-state index contributed by atoms with van der Waals surface area (Å²) in [5, 5.41) is 20.2. The summed E-state index contributed by atoms with van der Waals surface area (Å²) in [6.45, 7) is -0.381. The minimum atomic E-state index is -0.571. The van der Waals surface area contributed by atoms with E-state index >= 15 is 0 Å². The van der Waals surface area contributed by atoms with Gasteiger partial charge in [-0.05, 0) is 18.2 Å². The van der Waals surface area contributed by atoms with E-state index in [1.54, 1.807) is 6.07 Å². The Morgan fingerprint density at radius 3 is 2.79 bits per heavy atom. The predicted octanol–water partition coefficient (Wildman–Crippen LogP) is -0.218. The number of aliphatic hydroxyl groups excluding tert-OH is 1. The van der Waals surface area contributed by atoms with E-state index in [0.717, 1.165) is 0 Å². The van der Waals surface area contributed by atoms with E-state index < -0.39 is 12.5 Å². The second-order valence-electron chi connectivity index (χ2n) is 2.75. The number of aliphatic hydroxyl groups is 1. The zero-order valence-corrected chi connectivity index (χ0v) is 7.53. The fourth-order valence-electron chi connectivity index (χ4n) is 1.03. The van der Waals surface area contributed by atoms with Crippen molar-refractivity contribution in [1.82, 2.24) is 0 Å². The number of phenols is 1. The van der Waals surface area contributed by atoms with E-state index in [4.69, 9.17) is 10.8 Å². The molecule has 1 aromatic rings. The number of phenolic OH excluding ortho intramolecular Hbond substituents is 1. The molecule has 1 rings (SSSR count). The number of carbonyl (C=O) groups excluding carboxylic acids is 1. The Balaban J connectivity index is 2.84. The summed E-state index contributed by atoms with van der Waals surface area (Å²) in [5.41, 5.74) is 6.41. The Bertz CT molecular complexity index is 339. The van der Waals surface area contributed by atoms with Crippen LogP contribution in [0, 0.1) is 0 Å². The molecule has 0 saturated heterocycles. The van der Waals surface area contributed by atoms with Crippen LogP contribution in [-0.2, 0) is 11.3 Å². The highest BCUT2D eigenvalue weighted by atomic mass is 16.3. The number of nitrogens with two attached hydrogens (primary N) is 1. The number of rotatable bonds is 3. The number of amides is 1. The standard InChI is InChI=1S/C9H12N2O3/c10-4-6-3-7(1-2-8(6)13)11-9(14)5-12/h1-3,12-13H,4-5,10H2,(H,11,14). The molecule has 0 aliphatic rings. The molecule has 0 fully saturated rings. The maximum absolute atomic E-state index is 10.8. The maximum atomic E-state index is 10.8. The first-order valence-electron chi connectivity index (χ1n) is 4.10. The monoisotopic (exact) mass is 196 g/mol. The fraction of sp³-hybridized carbons (Fsp3) is 0.222. The Morgan fingerprint density at radius 1 is 1.50 bits per heavy atom. The zero-order chi connectivity index (χ0) is 10.6. The highest BCUT2D eigenvalue weighted by Gasteiger charge is 2.03. The van der Waals surface area contributed by atoms with Crippen LogP contribution in [0.4, 0.5) is 5.69 Å². The fourth-order valence-corrected chi connectivity index (χ4v) is 1.03. The Kier molecular flexibility index (Phi) is 3.44. The average Bonchev–Trinajstić information content (AvgIpc) is 2.20. The van der Waals surface area contributed by atoms with Crippen LogP contribution in [0.3, 0.4) is 0 Å². The van der Waals surface area contributed by atoms with Crippen LogP contribution in [0.1, 0.15) is 5.56 Å². The molecule has 0 spiro atoms. The maximum Gasteiger partial charge on any atom is 0.250 e. The van der Waals surface area contributed by atoms with Crippen LogP contribution >= 0.6 is 0 Å². The zero-order valence-electron chi connectivity index (χ0n) is 7.53. The number of nitrogens with one attached hydrogen (secondary N) is 1. The first kappa shape index (κ1) is 10.5. The van der Waals surface area contributed by atoms with Crippen molar-refractivity contribution in [1.29, 1.82) is 0 Å². The summed E-state index contributed by atoms with van der Waals surface area (Å²) in [5.74, 6) is -0.409. The normalized spacial score (nSPS) is 9.86. The molecule has 1 amide bonds. The van der Waals surface area contributed by atoms with Gasteiger partial charge in [-0.25, -0.2) is 0 Å². The molecule has 0 bridgehead atoms. The summed E-state index contributed by atoms with van der Waals surface area (Å²) in [7, 11) is 0. The molecule has 14 heavy (non-hydrogen) atoms. The van der Waals surface area contributed by atoms with Gasteiger partial charge in [0.25, 0.3) is 0 Å². The molecule has 76 valence electrons. The number of hydrogen-bond donors (Lipinski definition) is 4. The van der Waals surface area contributed by atoms with Gasteiger partial charge in [-0.3, -0.25) is 4.79 Å². The average molecular weight is 196 g/mol. The summed E-state index contributed by atoms with van der Waals surface area (Å²) < 4.78 is 0. The Morgan fingerprint density at radius 2 is 2.21 bits per heavy atom. The van der Waals surface area contributed by atoms with Gasteiger partial charge in [0.05, 0.1) is 0 Å². The van der Waals surface area contributed by atoms with Crippen molar-refractivity contribution >= 4 is 11.6 Å². The third-order valence-electron chi connectivity index (χ3n) is 1.73. The van der Waals surface area contributed by atoms with Gasteiger partial charge in [0.1, 0.15) is 12.4 Å². The number of aromatic hydroxyl groups is 1. The first-order chi connectivity index (χ1) is 6.67. The third-order valence-corrected chi connectivity index (χ3v) is 1.73. The van der Waals surface area contributed by atoms with Crippen LogP contribution in [0.5, 0.6) is 5.75 Å². The molecule has 0 aliphatic carbocycles. The summed E-state index contributed by atoms with van der Waals surface area (Å²) in [4.78, 5) is 10.8. The number of anilines is 1. The largest absolute Gasteiger partial charge is 0.508 e. The van der Waals surface area contributed by atoms with Crippen LogP contribution in [0.25, 0.3) is 0 Å². The minimum Gasteiger partial charge on any atom is -0.508 e. The molecule has 0 aromatic heterocycles. The van der Waals surface area contributed by atoms with E-state index in [2.05, 4.69) is 5.32 Å². The van der Waals surface area contributed by atoms with E-state index in [-0.39, 0.29) is 12.3 Å². The van der Waals surface area contributed by atoms with Gasteiger partial charge < -0.3 is 21.3 Å². The van der Waals surface area contributed by atoms with E-state index in [0.29, 0.717) is 11.3 Å². The molecule has 0 atom stereocenters. The topological polar surface area (TPSA) is 95.6 Å². The Hall–Kier alpha value is -1.59. The van der Waals surface area contributed by atoms with Crippen molar-refractivity contribution in [3.05, 3.63) is 23.8 Å². The lowest BCUT2D eigenvalue weighted by Gasteiger charge is -2.06. The van der Waals surface area contributed by atoms with E-state index in [1.165, 1.54) is 12.1 Å². The molecule has 0 unspecified atom stereocenters. The predicted molar refractivity (Wildman–Crippen MR) is 51.7 cm³/mol. The van der Waals surface area contributed by atoms with E-state index in [1.807, 2.05) is 0 Å². The summed E-state index contributed by atoms with van der Waals surface area (Å²) in [6.07, 6.45) is 0. The van der Waals surface area contributed by atoms with Gasteiger partial charge in [-0.2, -0.15) is 0 Å². The Labute approximate surface area is 81.2 Å². The SMILES string of the molecule is NCc1cc(NC(=O)CO)ccc1O. The molecule has 1 aromatic carbocycles. The van der Waals surface area contributed by atoms with Gasteiger partial charge >= 0.3 is 0 Å². The van der Waals surface area contributed by atoms with Crippen LogP contribution in [0.2, 0.25) is 0 Å². The molecular formula is C9H12N2O3. The van der Waals surface area contributed by atoms with Crippen molar-refractivity contribution in [2.45, 2.75) is 6.54 Å². The number of benzene rings is 1. The van der Waals surface area contributed by atoms with Crippen LogP contribution in [0.15, 0.2) is 18.2 Å². The van der Waals surface area contributed by atoms with Crippen molar-refractivity contribution in [2.24, 2.45) is 5.73 Å². The third kappa shape index (κ3) is 2.45. The number of hydrogen-bond acceptors (Lipinski definition) is 4. The molecule has 5 nitrogen and oxygen atoms in total. The molecular weight excluding hydrogens is 184 g/mol. The van der Waals surface area contributed by atoms with Gasteiger partial charge in [0.15, 0.2) is 0 Å². The quantitative estimate of drug-likeness (QED) is 0.503. The van der Waals surface area contributed by atoms with Gasteiger partial charge in [-0.1, -0.05) is 0 Å². The lowest BCUT2D eigenvalue weighted by molar-refractivity contribution is -0.118. The number of carbonyl (C=O) groups is 1. The van der Waals surface area contributed by atoms with Crippen molar-refractivity contribution in [3.8, 4) is 5.75 Å². The lowest BCUT2D eigenvalue weighted by atomic mass is 10.2. The summed E-state index contributed by atoms with van der Waals surface area (Å²) >= 11 is 0. The van der Waals surface area contributed by atoms with Crippen LogP contribution in [-0.4, -0.2) is 22.7 Å². The van der Waals surface area contributed by atoms with Gasteiger partial charge in [-0.15, -0.1) is 0 Å². The second kappa shape index (κ2) is 4.59. The molecule has 0 heterocycles. The van der Waals surface area contributed by atoms with Gasteiger partial charge in [0.2, 0.25) is 5.91 Å². The molecule has 5 N–H and O–H groups in total. The highest BCUT2D eigenvalue weighted by Crippen LogP contribution is 2.20. The minimum absolute atomic E-state index is 0.0921. The van der Waals surface area contributed by atoms with Crippen molar-refractivity contribution in [3.63, 3.8) is 0 Å². The molecule has 0 radical (unpaired) electrons.